The molecule has 1 aromatic carbocycles. The molecule has 2 heterocycles. The lowest BCUT2D eigenvalue weighted by Gasteiger charge is -2.37. The molecule has 0 spiro atoms. The molecule has 2 aliphatic rings. The molecule has 1 aromatic rings. The maximum atomic E-state index is 12.7. The summed E-state index contributed by atoms with van der Waals surface area (Å²) in [5, 5.41) is 3.42. The number of nitrogens with one attached hydrogen (secondary N) is 1. The van der Waals surface area contributed by atoms with Crippen LogP contribution in [0.2, 0.25) is 0 Å². The Bertz CT molecular complexity index is 503. The van der Waals surface area contributed by atoms with Crippen molar-refractivity contribution in [3.63, 3.8) is 0 Å². The van der Waals surface area contributed by atoms with E-state index in [1.165, 1.54) is 6.42 Å². The number of carbonyl (C=O) groups excluding carboxylic acids is 1. The standard InChI is InChI=1S/C15H19BrN2O/c1-10-4-5-11(7-13(10)16)15(19)18-6-2-3-12-8-17-9-14(12)18/h4-5,7,12,14,17H,2-3,6,8-9H2,1H3. The van der Waals surface area contributed by atoms with Crippen molar-refractivity contribution in [3.8, 4) is 0 Å². The zero-order chi connectivity index (χ0) is 13.4. The minimum atomic E-state index is 0.180. The first kappa shape index (κ1) is 13.1. The maximum absolute atomic E-state index is 12.7. The highest BCUT2D eigenvalue weighted by Crippen LogP contribution is 2.28. The molecule has 0 bridgehead atoms. The van der Waals surface area contributed by atoms with E-state index >= 15 is 0 Å². The van der Waals surface area contributed by atoms with Gasteiger partial charge in [0, 0.05) is 35.7 Å². The smallest absolute Gasteiger partial charge is 0.254 e. The molecule has 0 saturated carbocycles. The van der Waals surface area contributed by atoms with E-state index in [9.17, 15) is 4.79 Å². The number of likely N-dealkylation sites (tertiary alicyclic amines) is 1. The number of hydrogen-bond donors (Lipinski definition) is 1. The normalized spacial score (nSPS) is 26.3. The number of halogens is 1. The van der Waals surface area contributed by atoms with Crippen LogP contribution >= 0.6 is 15.9 Å². The van der Waals surface area contributed by atoms with Crippen molar-refractivity contribution < 1.29 is 4.79 Å². The molecule has 0 aliphatic carbocycles. The average molecular weight is 323 g/mol. The van der Waals surface area contributed by atoms with Crippen molar-refractivity contribution >= 4 is 21.8 Å². The summed E-state index contributed by atoms with van der Waals surface area (Å²) < 4.78 is 1.01. The topological polar surface area (TPSA) is 32.3 Å². The van der Waals surface area contributed by atoms with Crippen LogP contribution in [0.5, 0.6) is 0 Å². The lowest BCUT2D eigenvalue weighted by atomic mass is 9.91. The molecule has 0 aromatic heterocycles. The van der Waals surface area contributed by atoms with Gasteiger partial charge in [0.1, 0.15) is 0 Å². The van der Waals surface area contributed by atoms with Gasteiger partial charge in [0.2, 0.25) is 0 Å². The second-order valence-electron chi connectivity index (χ2n) is 5.59. The largest absolute Gasteiger partial charge is 0.334 e. The minimum absolute atomic E-state index is 0.180. The molecule has 4 heteroatoms. The van der Waals surface area contributed by atoms with Crippen molar-refractivity contribution in [2.45, 2.75) is 25.8 Å². The number of benzene rings is 1. The van der Waals surface area contributed by atoms with Gasteiger partial charge in [-0.05, 0) is 43.4 Å². The third-order valence-corrected chi connectivity index (χ3v) is 5.21. The molecule has 2 atom stereocenters. The third-order valence-electron chi connectivity index (χ3n) is 4.36. The van der Waals surface area contributed by atoms with Gasteiger partial charge in [-0.25, -0.2) is 0 Å². The molecule has 3 nitrogen and oxygen atoms in total. The summed E-state index contributed by atoms with van der Waals surface area (Å²) in [4.78, 5) is 14.8. The van der Waals surface area contributed by atoms with Gasteiger partial charge in [-0.2, -0.15) is 0 Å². The van der Waals surface area contributed by atoms with Gasteiger partial charge >= 0.3 is 0 Å². The summed E-state index contributed by atoms with van der Waals surface area (Å²) in [5.74, 6) is 0.825. The van der Waals surface area contributed by atoms with Gasteiger partial charge in [0.25, 0.3) is 5.91 Å². The number of hydrogen-bond acceptors (Lipinski definition) is 2. The molecule has 3 rings (SSSR count). The van der Waals surface area contributed by atoms with E-state index in [-0.39, 0.29) is 5.91 Å². The number of piperidine rings is 1. The molecule has 0 radical (unpaired) electrons. The Hall–Kier alpha value is -0.870. The number of aryl methyl sites for hydroxylation is 1. The highest BCUT2D eigenvalue weighted by atomic mass is 79.9. The van der Waals surface area contributed by atoms with Crippen molar-refractivity contribution in [2.75, 3.05) is 19.6 Å². The zero-order valence-electron chi connectivity index (χ0n) is 11.2. The van der Waals surface area contributed by atoms with Crippen LogP contribution in [-0.4, -0.2) is 36.5 Å². The fourth-order valence-corrected chi connectivity index (χ4v) is 3.59. The number of nitrogens with zero attached hydrogens (tertiary/aromatic N) is 1. The fourth-order valence-electron chi connectivity index (χ4n) is 3.21. The van der Waals surface area contributed by atoms with Gasteiger partial charge in [-0.1, -0.05) is 22.0 Å². The highest BCUT2D eigenvalue weighted by Gasteiger charge is 2.37. The highest BCUT2D eigenvalue weighted by molar-refractivity contribution is 9.10. The van der Waals surface area contributed by atoms with E-state index in [0.717, 1.165) is 41.7 Å². The molecule has 1 N–H and O–H groups in total. The van der Waals surface area contributed by atoms with Gasteiger partial charge < -0.3 is 10.2 Å². The first-order chi connectivity index (χ1) is 9.16. The van der Waals surface area contributed by atoms with Crippen LogP contribution in [-0.2, 0) is 0 Å². The molecule has 2 saturated heterocycles. The maximum Gasteiger partial charge on any atom is 0.254 e. The monoisotopic (exact) mass is 322 g/mol. The number of amides is 1. The average Bonchev–Trinajstić information content (AvgIpc) is 2.89. The Morgan fingerprint density at radius 1 is 1.42 bits per heavy atom. The van der Waals surface area contributed by atoms with Crippen molar-refractivity contribution in [1.29, 1.82) is 0 Å². The summed E-state index contributed by atoms with van der Waals surface area (Å²) >= 11 is 3.51. The second-order valence-corrected chi connectivity index (χ2v) is 6.44. The Kier molecular flexibility index (Phi) is 3.63. The quantitative estimate of drug-likeness (QED) is 0.862. The number of carbonyl (C=O) groups is 1. The minimum Gasteiger partial charge on any atom is -0.334 e. The first-order valence-corrected chi connectivity index (χ1v) is 7.74. The Morgan fingerprint density at radius 3 is 3.05 bits per heavy atom. The van der Waals surface area contributed by atoms with E-state index in [1.54, 1.807) is 0 Å². The molecule has 2 fully saturated rings. The van der Waals surface area contributed by atoms with Crippen LogP contribution in [0.1, 0.15) is 28.8 Å². The molecular formula is C15H19BrN2O. The summed E-state index contributed by atoms with van der Waals surface area (Å²) in [6.07, 6.45) is 2.38. The van der Waals surface area contributed by atoms with E-state index in [0.29, 0.717) is 12.0 Å². The van der Waals surface area contributed by atoms with Crippen molar-refractivity contribution in [2.24, 2.45) is 5.92 Å². The summed E-state index contributed by atoms with van der Waals surface area (Å²) in [5.41, 5.74) is 1.96. The second kappa shape index (κ2) is 5.25. The molecular weight excluding hydrogens is 304 g/mol. The molecule has 102 valence electrons. The van der Waals surface area contributed by atoms with Crippen LogP contribution in [0, 0.1) is 12.8 Å². The van der Waals surface area contributed by atoms with Crippen LogP contribution in [0.4, 0.5) is 0 Å². The van der Waals surface area contributed by atoms with Gasteiger partial charge in [0.05, 0.1) is 0 Å². The molecule has 19 heavy (non-hydrogen) atoms. The van der Waals surface area contributed by atoms with E-state index in [2.05, 4.69) is 26.1 Å². The summed E-state index contributed by atoms with van der Waals surface area (Å²) in [6.45, 7) is 4.94. The Balaban J connectivity index is 1.84. The van der Waals surface area contributed by atoms with Crippen LogP contribution in [0.3, 0.4) is 0 Å². The van der Waals surface area contributed by atoms with Crippen molar-refractivity contribution in [3.05, 3.63) is 33.8 Å². The lowest BCUT2D eigenvalue weighted by Crippen LogP contribution is -2.48. The van der Waals surface area contributed by atoms with Crippen LogP contribution in [0.15, 0.2) is 22.7 Å². The van der Waals surface area contributed by atoms with Gasteiger partial charge in [-0.3, -0.25) is 4.79 Å². The molecule has 2 unspecified atom stereocenters. The van der Waals surface area contributed by atoms with Gasteiger partial charge in [-0.15, -0.1) is 0 Å². The Morgan fingerprint density at radius 2 is 2.26 bits per heavy atom. The van der Waals surface area contributed by atoms with E-state index in [4.69, 9.17) is 0 Å². The third kappa shape index (κ3) is 2.43. The summed E-state index contributed by atoms with van der Waals surface area (Å²) in [6, 6.07) is 6.28. The number of fused-ring (bicyclic) bond motifs is 1. The SMILES string of the molecule is Cc1ccc(C(=O)N2CCCC3CNCC32)cc1Br. The van der Waals surface area contributed by atoms with Crippen LogP contribution in [0.25, 0.3) is 0 Å². The molecule has 1 amide bonds. The fraction of sp³-hybridized carbons (Fsp3) is 0.533. The van der Waals surface area contributed by atoms with E-state index < -0.39 is 0 Å². The Labute approximate surface area is 122 Å². The summed E-state index contributed by atoms with van der Waals surface area (Å²) in [7, 11) is 0. The molecule has 2 aliphatic heterocycles. The zero-order valence-corrected chi connectivity index (χ0v) is 12.7. The number of rotatable bonds is 1. The van der Waals surface area contributed by atoms with Crippen molar-refractivity contribution in [1.82, 2.24) is 10.2 Å². The predicted molar refractivity (Wildman–Crippen MR) is 79.3 cm³/mol. The van der Waals surface area contributed by atoms with Gasteiger partial charge in [0.15, 0.2) is 0 Å². The predicted octanol–water partition coefficient (Wildman–Crippen LogP) is 2.58. The van der Waals surface area contributed by atoms with Crippen LogP contribution < -0.4 is 5.32 Å². The first-order valence-electron chi connectivity index (χ1n) is 6.94. The van der Waals surface area contributed by atoms with E-state index in [1.807, 2.05) is 25.1 Å². The lowest BCUT2D eigenvalue weighted by molar-refractivity contribution is 0.0574.